The van der Waals surface area contributed by atoms with Crippen LogP contribution in [0.15, 0.2) is 18.2 Å². The van der Waals surface area contributed by atoms with E-state index in [4.69, 9.17) is 0 Å². The van der Waals surface area contributed by atoms with E-state index in [1.54, 1.807) is 0 Å². The van der Waals surface area contributed by atoms with Crippen LogP contribution in [0, 0.1) is 0 Å². The molecular formula is C22H32N2O2. The molecule has 3 rings (SSSR count). The summed E-state index contributed by atoms with van der Waals surface area (Å²) < 4.78 is 0. The zero-order valence-corrected chi connectivity index (χ0v) is 16.2. The summed E-state index contributed by atoms with van der Waals surface area (Å²) >= 11 is 0. The molecule has 1 fully saturated rings. The van der Waals surface area contributed by atoms with Crippen LogP contribution in [0.1, 0.15) is 62.1 Å². The van der Waals surface area contributed by atoms with Gasteiger partial charge in [-0.3, -0.25) is 9.59 Å². The van der Waals surface area contributed by atoms with E-state index in [1.165, 1.54) is 42.4 Å². The number of hydrogen-bond acceptors (Lipinski definition) is 3. The molecule has 1 aromatic rings. The van der Waals surface area contributed by atoms with Gasteiger partial charge in [-0.25, -0.2) is 0 Å². The topological polar surface area (TPSA) is 40.6 Å². The second-order valence-electron chi connectivity index (χ2n) is 7.69. The summed E-state index contributed by atoms with van der Waals surface area (Å²) in [4.78, 5) is 27.7. The molecule has 1 saturated heterocycles. The average molecular weight is 357 g/mol. The van der Waals surface area contributed by atoms with E-state index in [-0.39, 0.29) is 11.9 Å². The molecule has 1 aliphatic heterocycles. The first-order valence-corrected chi connectivity index (χ1v) is 10.3. The molecule has 4 nitrogen and oxygen atoms in total. The fourth-order valence-corrected chi connectivity index (χ4v) is 4.74. The molecular weight excluding hydrogens is 324 g/mol. The molecule has 0 bridgehead atoms. The molecule has 1 amide bonds. The van der Waals surface area contributed by atoms with Crippen LogP contribution in [0.3, 0.4) is 0 Å². The SMILES string of the molecule is CCN(CC)C[C@@H]1C(c2ccc3c(c2)CCCC3)CCCN1C(=O)C=O. The molecule has 0 spiro atoms. The predicted octanol–water partition coefficient (Wildman–Crippen LogP) is 3.18. The van der Waals surface area contributed by atoms with Crippen molar-refractivity contribution in [3.8, 4) is 0 Å². The van der Waals surface area contributed by atoms with Crippen molar-refractivity contribution in [2.45, 2.75) is 64.3 Å². The van der Waals surface area contributed by atoms with Gasteiger partial charge < -0.3 is 9.80 Å². The van der Waals surface area contributed by atoms with E-state index >= 15 is 0 Å². The summed E-state index contributed by atoms with van der Waals surface area (Å²) in [6.07, 6.45) is 7.49. The summed E-state index contributed by atoms with van der Waals surface area (Å²) in [5, 5.41) is 0. The third-order valence-electron chi connectivity index (χ3n) is 6.30. The Balaban J connectivity index is 1.91. The molecule has 2 aliphatic rings. The lowest BCUT2D eigenvalue weighted by Gasteiger charge is -2.43. The van der Waals surface area contributed by atoms with Gasteiger partial charge in [0.05, 0.1) is 6.04 Å². The highest BCUT2D eigenvalue weighted by atomic mass is 16.2. The molecule has 1 aliphatic carbocycles. The van der Waals surface area contributed by atoms with E-state index < -0.39 is 0 Å². The number of piperidine rings is 1. The molecule has 0 radical (unpaired) electrons. The highest BCUT2D eigenvalue weighted by Crippen LogP contribution is 2.35. The van der Waals surface area contributed by atoms with Gasteiger partial charge in [0, 0.05) is 19.0 Å². The van der Waals surface area contributed by atoms with Gasteiger partial charge >= 0.3 is 0 Å². The van der Waals surface area contributed by atoms with Gasteiger partial charge in [0.15, 0.2) is 0 Å². The number of fused-ring (bicyclic) bond motifs is 1. The lowest BCUT2D eigenvalue weighted by Crippen LogP contribution is -2.53. The largest absolute Gasteiger partial charge is 0.331 e. The average Bonchev–Trinajstić information content (AvgIpc) is 2.70. The third kappa shape index (κ3) is 4.01. The number of amides is 1. The Morgan fingerprint density at radius 3 is 2.58 bits per heavy atom. The van der Waals surface area contributed by atoms with Crippen LogP contribution in [0.4, 0.5) is 0 Å². The minimum Gasteiger partial charge on any atom is -0.331 e. The number of likely N-dealkylation sites (N-methyl/N-ethyl adjacent to an activating group) is 1. The number of carbonyl (C=O) groups is 2. The van der Waals surface area contributed by atoms with Crippen LogP contribution in [0.5, 0.6) is 0 Å². The first-order valence-electron chi connectivity index (χ1n) is 10.3. The van der Waals surface area contributed by atoms with Crippen LogP contribution >= 0.6 is 0 Å². The van der Waals surface area contributed by atoms with Crippen molar-refractivity contribution in [1.82, 2.24) is 9.80 Å². The molecule has 0 N–H and O–H groups in total. The first kappa shape index (κ1) is 19.1. The lowest BCUT2D eigenvalue weighted by atomic mass is 9.80. The van der Waals surface area contributed by atoms with E-state index in [1.807, 2.05) is 4.90 Å². The van der Waals surface area contributed by atoms with Crippen molar-refractivity contribution in [3.05, 3.63) is 34.9 Å². The summed E-state index contributed by atoms with van der Waals surface area (Å²) in [6, 6.07) is 7.06. The summed E-state index contributed by atoms with van der Waals surface area (Å²) in [7, 11) is 0. The fourth-order valence-electron chi connectivity index (χ4n) is 4.74. The van der Waals surface area contributed by atoms with E-state index in [2.05, 4.69) is 36.9 Å². The Kier molecular flexibility index (Phi) is 6.47. The predicted molar refractivity (Wildman–Crippen MR) is 104 cm³/mol. The highest BCUT2D eigenvalue weighted by Gasteiger charge is 2.36. The maximum atomic E-state index is 12.3. The van der Waals surface area contributed by atoms with Gasteiger partial charge in [0.2, 0.25) is 6.29 Å². The molecule has 142 valence electrons. The molecule has 1 unspecified atom stereocenters. The Bertz CT molecular complexity index is 639. The normalized spacial score (nSPS) is 23.0. The zero-order valence-electron chi connectivity index (χ0n) is 16.2. The van der Waals surface area contributed by atoms with Gasteiger partial charge in [-0.05, 0) is 68.3 Å². The van der Waals surface area contributed by atoms with Crippen molar-refractivity contribution < 1.29 is 9.59 Å². The number of carbonyl (C=O) groups excluding carboxylic acids is 2. The fraction of sp³-hybridized carbons (Fsp3) is 0.636. The lowest BCUT2D eigenvalue weighted by molar-refractivity contribution is -0.142. The molecule has 4 heteroatoms. The maximum absolute atomic E-state index is 12.3. The number of benzene rings is 1. The van der Waals surface area contributed by atoms with Crippen LogP contribution < -0.4 is 0 Å². The van der Waals surface area contributed by atoms with Crippen molar-refractivity contribution in [3.63, 3.8) is 0 Å². The second-order valence-corrected chi connectivity index (χ2v) is 7.69. The van der Waals surface area contributed by atoms with Crippen molar-refractivity contribution in [1.29, 1.82) is 0 Å². The van der Waals surface area contributed by atoms with Crippen molar-refractivity contribution in [2.75, 3.05) is 26.2 Å². The van der Waals surface area contributed by atoms with Crippen LogP contribution in [0.25, 0.3) is 0 Å². The molecule has 1 heterocycles. The summed E-state index contributed by atoms with van der Waals surface area (Å²) in [6.45, 7) is 7.79. The second kappa shape index (κ2) is 8.81. The number of rotatable bonds is 6. The maximum Gasteiger partial charge on any atom is 0.286 e. The number of nitrogens with zero attached hydrogens (tertiary/aromatic N) is 2. The number of aldehydes is 1. The Hall–Kier alpha value is -1.68. The Morgan fingerprint density at radius 2 is 1.88 bits per heavy atom. The van der Waals surface area contributed by atoms with Crippen molar-refractivity contribution >= 4 is 12.2 Å². The third-order valence-corrected chi connectivity index (χ3v) is 6.30. The Labute approximate surface area is 157 Å². The Morgan fingerprint density at radius 1 is 1.15 bits per heavy atom. The standard InChI is InChI=1S/C22H32N2O2/c1-3-23(4-2)15-21-20(10-7-13-24(21)22(26)16-25)19-12-11-17-8-5-6-9-18(17)14-19/h11-12,14,16,20-21H,3-10,13,15H2,1-2H3/t20?,21-/m1/s1. The molecule has 2 atom stereocenters. The molecule has 0 aromatic heterocycles. The number of hydrogen-bond donors (Lipinski definition) is 0. The molecule has 26 heavy (non-hydrogen) atoms. The summed E-state index contributed by atoms with van der Waals surface area (Å²) in [5.41, 5.74) is 4.34. The van der Waals surface area contributed by atoms with Crippen LogP contribution in [-0.4, -0.2) is 54.2 Å². The van der Waals surface area contributed by atoms with Gasteiger partial charge in [0.25, 0.3) is 5.91 Å². The van der Waals surface area contributed by atoms with Gasteiger partial charge in [-0.15, -0.1) is 0 Å². The quantitative estimate of drug-likeness (QED) is 0.581. The van der Waals surface area contributed by atoms with E-state index in [9.17, 15) is 9.59 Å². The monoisotopic (exact) mass is 356 g/mol. The first-order chi connectivity index (χ1) is 12.7. The van der Waals surface area contributed by atoms with Gasteiger partial charge in [-0.1, -0.05) is 32.0 Å². The van der Waals surface area contributed by atoms with Crippen molar-refractivity contribution in [2.24, 2.45) is 0 Å². The van der Waals surface area contributed by atoms with Crippen LogP contribution in [0.2, 0.25) is 0 Å². The smallest absolute Gasteiger partial charge is 0.286 e. The van der Waals surface area contributed by atoms with Gasteiger partial charge in [-0.2, -0.15) is 0 Å². The zero-order chi connectivity index (χ0) is 18.5. The number of aryl methyl sites for hydroxylation is 2. The highest BCUT2D eigenvalue weighted by molar-refractivity contribution is 6.23. The minimum absolute atomic E-state index is 0.0861. The minimum atomic E-state index is -0.357. The summed E-state index contributed by atoms with van der Waals surface area (Å²) in [5.74, 6) is -0.0368. The molecule has 1 aromatic carbocycles. The van der Waals surface area contributed by atoms with E-state index in [0.717, 1.165) is 32.5 Å². The van der Waals surface area contributed by atoms with Crippen LogP contribution in [-0.2, 0) is 22.4 Å². The number of likely N-dealkylation sites (tertiary alicyclic amines) is 1. The van der Waals surface area contributed by atoms with E-state index in [0.29, 0.717) is 18.7 Å². The van der Waals surface area contributed by atoms with Gasteiger partial charge in [0.1, 0.15) is 0 Å². The molecule has 0 saturated carbocycles.